The zero-order valence-corrected chi connectivity index (χ0v) is 11.6. The molecule has 1 aliphatic heterocycles. The predicted octanol–water partition coefficient (Wildman–Crippen LogP) is 3.86. The number of anilines is 1. The Hall–Kier alpha value is -0.570. The van der Waals surface area contributed by atoms with Gasteiger partial charge in [0.25, 0.3) is 0 Å². The largest absolute Gasteiger partial charge is 0.356 e. The number of rotatable bonds is 3. The average molecular weight is 283 g/mol. The van der Waals surface area contributed by atoms with Gasteiger partial charge in [0.1, 0.15) is 10.4 Å². The van der Waals surface area contributed by atoms with E-state index in [0.29, 0.717) is 5.41 Å². The van der Waals surface area contributed by atoms with Gasteiger partial charge in [0.05, 0.1) is 0 Å². The van der Waals surface area contributed by atoms with Crippen molar-refractivity contribution in [1.82, 2.24) is 4.98 Å². The Labute approximate surface area is 106 Å². The van der Waals surface area contributed by atoms with Gasteiger partial charge in [-0.2, -0.15) is 0 Å². The first-order chi connectivity index (χ1) is 7.69. The van der Waals surface area contributed by atoms with E-state index in [1.165, 1.54) is 19.3 Å². The fourth-order valence-electron chi connectivity index (χ4n) is 2.53. The highest BCUT2D eigenvalue weighted by Crippen LogP contribution is 2.38. The molecule has 1 saturated heterocycles. The van der Waals surface area contributed by atoms with Crippen molar-refractivity contribution in [1.29, 1.82) is 0 Å². The third kappa shape index (κ3) is 2.24. The third-order valence-electron chi connectivity index (χ3n) is 3.96. The lowest BCUT2D eigenvalue weighted by Crippen LogP contribution is -2.26. The molecule has 0 unspecified atom stereocenters. The maximum atomic E-state index is 4.53. The molecule has 16 heavy (non-hydrogen) atoms. The van der Waals surface area contributed by atoms with Crippen LogP contribution in [0.2, 0.25) is 0 Å². The van der Waals surface area contributed by atoms with Crippen LogP contribution in [0.4, 0.5) is 5.82 Å². The Balaban J connectivity index is 2.14. The number of hydrogen-bond donors (Lipinski definition) is 0. The van der Waals surface area contributed by atoms with Crippen LogP contribution in [0.5, 0.6) is 0 Å². The van der Waals surface area contributed by atoms with Gasteiger partial charge in [-0.3, -0.25) is 0 Å². The topological polar surface area (TPSA) is 16.1 Å². The number of nitrogens with zero attached hydrogens (tertiary/aromatic N) is 2. The summed E-state index contributed by atoms with van der Waals surface area (Å²) in [6, 6.07) is 6.14. The Morgan fingerprint density at radius 2 is 2.12 bits per heavy atom. The Morgan fingerprint density at radius 1 is 1.38 bits per heavy atom. The molecule has 0 atom stereocenters. The molecule has 2 heterocycles. The van der Waals surface area contributed by atoms with Crippen molar-refractivity contribution >= 4 is 21.7 Å². The summed E-state index contributed by atoms with van der Waals surface area (Å²) in [7, 11) is 0. The van der Waals surface area contributed by atoms with E-state index in [0.717, 1.165) is 23.5 Å². The molecule has 0 aliphatic carbocycles. The van der Waals surface area contributed by atoms with E-state index in [1.54, 1.807) is 0 Å². The molecule has 0 radical (unpaired) electrons. The first kappa shape index (κ1) is 11.9. The number of pyridine rings is 1. The van der Waals surface area contributed by atoms with Gasteiger partial charge >= 0.3 is 0 Å². The molecule has 2 nitrogen and oxygen atoms in total. The lowest BCUT2D eigenvalue weighted by molar-refractivity contribution is 0.301. The number of hydrogen-bond acceptors (Lipinski definition) is 2. The van der Waals surface area contributed by atoms with Crippen molar-refractivity contribution in [2.75, 3.05) is 18.0 Å². The van der Waals surface area contributed by atoms with Crippen LogP contribution in [0, 0.1) is 5.41 Å². The molecule has 0 aromatic carbocycles. The van der Waals surface area contributed by atoms with Crippen molar-refractivity contribution in [3.63, 3.8) is 0 Å². The number of halogens is 1. The predicted molar refractivity (Wildman–Crippen MR) is 71.8 cm³/mol. The SMILES string of the molecule is CCC1(CC)CCN(c2cccc(Br)n2)C1. The van der Waals surface area contributed by atoms with Crippen LogP contribution in [0.15, 0.2) is 22.8 Å². The molecule has 1 aliphatic rings. The van der Waals surface area contributed by atoms with Crippen molar-refractivity contribution in [3.05, 3.63) is 22.8 Å². The van der Waals surface area contributed by atoms with Gasteiger partial charge in [-0.05, 0) is 52.7 Å². The summed E-state index contributed by atoms with van der Waals surface area (Å²) in [5, 5.41) is 0. The van der Waals surface area contributed by atoms with Crippen LogP contribution >= 0.6 is 15.9 Å². The molecular formula is C13H19BrN2. The Morgan fingerprint density at radius 3 is 2.69 bits per heavy atom. The van der Waals surface area contributed by atoms with E-state index < -0.39 is 0 Å². The highest BCUT2D eigenvalue weighted by Gasteiger charge is 2.35. The molecule has 0 saturated carbocycles. The minimum absolute atomic E-state index is 0.518. The second-order valence-corrected chi connectivity index (χ2v) is 5.51. The molecule has 2 rings (SSSR count). The third-order valence-corrected chi connectivity index (χ3v) is 4.40. The summed E-state index contributed by atoms with van der Waals surface area (Å²) < 4.78 is 0.926. The molecule has 0 spiro atoms. The summed E-state index contributed by atoms with van der Waals surface area (Å²) >= 11 is 3.43. The van der Waals surface area contributed by atoms with E-state index in [1.807, 2.05) is 6.07 Å². The van der Waals surface area contributed by atoms with Crippen molar-refractivity contribution in [3.8, 4) is 0 Å². The van der Waals surface area contributed by atoms with Crippen LogP contribution in [-0.4, -0.2) is 18.1 Å². The minimum atomic E-state index is 0.518. The first-order valence-electron chi connectivity index (χ1n) is 6.06. The van der Waals surface area contributed by atoms with E-state index in [4.69, 9.17) is 0 Å². The second-order valence-electron chi connectivity index (χ2n) is 4.70. The van der Waals surface area contributed by atoms with Gasteiger partial charge in [0.2, 0.25) is 0 Å². The molecule has 0 N–H and O–H groups in total. The summed E-state index contributed by atoms with van der Waals surface area (Å²) in [6.45, 7) is 6.91. The monoisotopic (exact) mass is 282 g/mol. The zero-order chi connectivity index (χ0) is 11.6. The highest BCUT2D eigenvalue weighted by atomic mass is 79.9. The fourth-order valence-corrected chi connectivity index (χ4v) is 2.87. The van der Waals surface area contributed by atoms with Gasteiger partial charge in [0, 0.05) is 13.1 Å². The molecule has 0 amide bonds. The zero-order valence-electron chi connectivity index (χ0n) is 10.0. The van der Waals surface area contributed by atoms with Crippen LogP contribution in [0.3, 0.4) is 0 Å². The first-order valence-corrected chi connectivity index (χ1v) is 6.86. The molecule has 1 fully saturated rings. The normalized spacial score (nSPS) is 19.1. The summed E-state index contributed by atoms with van der Waals surface area (Å²) in [5.74, 6) is 1.11. The van der Waals surface area contributed by atoms with Crippen LogP contribution in [0.25, 0.3) is 0 Å². The lowest BCUT2D eigenvalue weighted by Gasteiger charge is -2.26. The number of aromatic nitrogens is 1. The maximum absolute atomic E-state index is 4.53. The second kappa shape index (κ2) is 4.74. The minimum Gasteiger partial charge on any atom is -0.356 e. The Bertz CT molecular complexity index is 361. The van der Waals surface area contributed by atoms with Crippen LogP contribution in [-0.2, 0) is 0 Å². The van der Waals surface area contributed by atoms with Crippen molar-refractivity contribution in [2.24, 2.45) is 5.41 Å². The van der Waals surface area contributed by atoms with Crippen molar-refractivity contribution in [2.45, 2.75) is 33.1 Å². The van der Waals surface area contributed by atoms with Crippen molar-refractivity contribution < 1.29 is 0 Å². The standard InChI is InChI=1S/C13H19BrN2/c1-3-13(4-2)8-9-16(10-13)12-7-5-6-11(14)15-12/h5-7H,3-4,8-10H2,1-2H3. The Kier molecular flexibility index (Phi) is 3.53. The highest BCUT2D eigenvalue weighted by molar-refractivity contribution is 9.10. The molecule has 3 heteroatoms. The van der Waals surface area contributed by atoms with Gasteiger partial charge in [-0.15, -0.1) is 0 Å². The summed E-state index contributed by atoms with van der Waals surface area (Å²) in [5.41, 5.74) is 0.518. The molecule has 1 aromatic rings. The fraction of sp³-hybridized carbons (Fsp3) is 0.615. The van der Waals surface area contributed by atoms with E-state index in [9.17, 15) is 0 Å². The molecular weight excluding hydrogens is 264 g/mol. The van der Waals surface area contributed by atoms with Gasteiger partial charge in [-0.25, -0.2) is 4.98 Å². The summed E-state index contributed by atoms with van der Waals surface area (Å²) in [6.07, 6.45) is 3.84. The summed E-state index contributed by atoms with van der Waals surface area (Å²) in [4.78, 5) is 6.95. The molecule has 1 aromatic heterocycles. The quantitative estimate of drug-likeness (QED) is 0.783. The van der Waals surface area contributed by atoms with Gasteiger partial charge < -0.3 is 4.90 Å². The lowest BCUT2D eigenvalue weighted by atomic mass is 9.82. The van der Waals surface area contributed by atoms with E-state index >= 15 is 0 Å². The maximum Gasteiger partial charge on any atom is 0.129 e. The average Bonchev–Trinajstić information content (AvgIpc) is 2.74. The van der Waals surface area contributed by atoms with Crippen LogP contribution in [0.1, 0.15) is 33.1 Å². The van der Waals surface area contributed by atoms with Gasteiger partial charge in [-0.1, -0.05) is 19.9 Å². The van der Waals surface area contributed by atoms with E-state index in [2.05, 4.69) is 51.8 Å². The van der Waals surface area contributed by atoms with E-state index in [-0.39, 0.29) is 0 Å². The smallest absolute Gasteiger partial charge is 0.129 e. The van der Waals surface area contributed by atoms with Gasteiger partial charge in [0.15, 0.2) is 0 Å². The molecule has 0 bridgehead atoms. The molecule has 88 valence electrons. The van der Waals surface area contributed by atoms with Crippen LogP contribution < -0.4 is 4.90 Å².